The Balaban J connectivity index is 2.93. The Morgan fingerprint density at radius 2 is 1.84 bits per heavy atom. The predicted molar refractivity (Wildman–Crippen MR) is 91.9 cm³/mol. The quantitative estimate of drug-likeness (QED) is 0.280. The first-order chi connectivity index (χ1) is 11.6. The molecule has 0 unspecified atom stereocenters. The molecular formula is C13H12Cl4N2O6. The van der Waals surface area contributed by atoms with Crippen molar-refractivity contribution in [3.05, 3.63) is 39.9 Å². The largest absolute Gasteiger partial charge is 0.461 e. The van der Waals surface area contributed by atoms with Crippen molar-refractivity contribution < 1.29 is 24.4 Å². The zero-order chi connectivity index (χ0) is 19.1. The Morgan fingerprint density at radius 3 is 2.28 bits per heavy atom. The van der Waals surface area contributed by atoms with E-state index in [0.717, 1.165) is 0 Å². The molecule has 1 amide bonds. The van der Waals surface area contributed by atoms with Gasteiger partial charge < -0.3 is 15.2 Å². The molecule has 0 aromatic heterocycles. The number of benzene rings is 1. The van der Waals surface area contributed by atoms with Crippen molar-refractivity contribution in [2.75, 3.05) is 6.61 Å². The molecule has 0 bridgehead atoms. The van der Waals surface area contributed by atoms with Crippen LogP contribution in [0.2, 0.25) is 0 Å². The number of nitrogens with one attached hydrogen (secondary N) is 1. The van der Waals surface area contributed by atoms with Gasteiger partial charge in [-0.1, -0.05) is 46.4 Å². The molecule has 0 saturated heterocycles. The Labute approximate surface area is 162 Å². The summed E-state index contributed by atoms with van der Waals surface area (Å²) in [6.45, 7) is -0.487. The number of alkyl halides is 4. The lowest BCUT2D eigenvalue weighted by molar-refractivity contribution is -0.384. The number of esters is 1. The Hall–Kier alpha value is -1.32. The number of rotatable bonds is 8. The van der Waals surface area contributed by atoms with Gasteiger partial charge in [-0.2, -0.15) is 0 Å². The van der Waals surface area contributed by atoms with Crippen molar-refractivity contribution in [2.45, 2.75) is 21.8 Å². The molecule has 1 aromatic rings. The van der Waals surface area contributed by atoms with E-state index < -0.39 is 45.2 Å². The van der Waals surface area contributed by atoms with Gasteiger partial charge in [-0.25, -0.2) is 4.79 Å². The molecule has 1 aromatic carbocycles. The van der Waals surface area contributed by atoms with Crippen LogP contribution in [0.25, 0.3) is 0 Å². The molecule has 1 rings (SSSR count). The summed E-state index contributed by atoms with van der Waals surface area (Å²) in [5.41, 5.74) is 0.0395. The van der Waals surface area contributed by atoms with E-state index in [1.807, 2.05) is 0 Å². The number of amides is 1. The van der Waals surface area contributed by atoms with E-state index in [-0.39, 0.29) is 11.3 Å². The van der Waals surface area contributed by atoms with Gasteiger partial charge in [-0.15, -0.1) is 0 Å². The Bertz CT molecular complexity index is 625. The number of aliphatic hydroxyl groups is 1. The van der Waals surface area contributed by atoms with Gasteiger partial charge in [-0.3, -0.25) is 14.9 Å². The molecule has 0 fully saturated rings. The number of ether oxygens (including phenoxy) is 1. The van der Waals surface area contributed by atoms with Crippen molar-refractivity contribution in [1.82, 2.24) is 5.32 Å². The number of carbonyl (C=O) groups is 2. The average molecular weight is 436 g/mol. The molecule has 2 N–H and O–H groups in total. The van der Waals surface area contributed by atoms with E-state index in [1.165, 1.54) is 24.3 Å². The minimum atomic E-state index is -1.44. The number of aliphatic hydroxyl groups excluding tert-OH is 1. The van der Waals surface area contributed by atoms with Gasteiger partial charge in [0.15, 0.2) is 4.84 Å². The lowest BCUT2D eigenvalue weighted by Gasteiger charge is -2.24. The summed E-state index contributed by atoms with van der Waals surface area (Å²) in [5.74, 6) is -1.81. The third-order valence-corrected chi connectivity index (χ3v) is 3.69. The van der Waals surface area contributed by atoms with Crippen molar-refractivity contribution in [3.63, 3.8) is 0 Å². The van der Waals surface area contributed by atoms with Crippen LogP contribution in [0.4, 0.5) is 5.69 Å². The highest BCUT2D eigenvalue weighted by molar-refractivity contribution is 6.53. The van der Waals surface area contributed by atoms with Crippen LogP contribution in [0.15, 0.2) is 24.3 Å². The summed E-state index contributed by atoms with van der Waals surface area (Å²) < 4.78 is 4.78. The van der Waals surface area contributed by atoms with Crippen LogP contribution >= 0.6 is 46.4 Å². The zero-order valence-electron chi connectivity index (χ0n) is 12.3. The summed E-state index contributed by atoms with van der Waals surface area (Å²) in [7, 11) is 0. The van der Waals surface area contributed by atoms with Gasteiger partial charge in [0.05, 0.1) is 11.0 Å². The van der Waals surface area contributed by atoms with Gasteiger partial charge in [0.2, 0.25) is 4.84 Å². The van der Waals surface area contributed by atoms with Crippen molar-refractivity contribution in [3.8, 4) is 0 Å². The molecule has 0 heterocycles. The minimum Gasteiger partial charge on any atom is -0.461 e. The molecule has 12 heteroatoms. The van der Waals surface area contributed by atoms with E-state index >= 15 is 0 Å². The molecule has 0 aliphatic heterocycles. The van der Waals surface area contributed by atoms with E-state index in [9.17, 15) is 24.8 Å². The number of nitro benzene ring substituents is 1. The van der Waals surface area contributed by atoms with Crippen molar-refractivity contribution in [2.24, 2.45) is 0 Å². The lowest BCUT2D eigenvalue weighted by atomic mass is 10.0. The first kappa shape index (κ1) is 21.7. The first-order valence-electron chi connectivity index (χ1n) is 6.59. The van der Waals surface area contributed by atoms with Gasteiger partial charge >= 0.3 is 5.97 Å². The SMILES string of the molecule is O=C(N[C@H](CO[14C](=O)C(Cl)Cl)[C@H](O)c1ccc([N+](=O)[O-])cc1)C(Cl)Cl. The fourth-order valence-corrected chi connectivity index (χ4v) is 1.97. The average Bonchev–Trinajstić information content (AvgIpc) is 2.57. The first-order valence-corrected chi connectivity index (χ1v) is 8.33. The third kappa shape index (κ3) is 6.83. The predicted octanol–water partition coefficient (Wildman–Crippen LogP) is 2.26. The molecule has 138 valence electrons. The fourth-order valence-electron chi connectivity index (χ4n) is 1.72. The third-order valence-electron chi connectivity index (χ3n) is 2.94. The molecule has 0 radical (unpaired) electrons. The van der Waals surface area contributed by atoms with E-state index in [4.69, 9.17) is 51.1 Å². The monoisotopic (exact) mass is 434 g/mol. The highest BCUT2D eigenvalue weighted by atomic mass is 35.5. The molecule has 0 saturated carbocycles. The summed E-state index contributed by atoms with van der Waals surface area (Å²) in [6.07, 6.45) is -1.38. The topological polar surface area (TPSA) is 119 Å². The summed E-state index contributed by atoms with van der Waals surface area (Å²) in [4.78, 5) is 30.2. The standard InChI is InChI=1S/C13H12Cl4N2O6/c14-10(15)12(21)18-8(5-25-13(22)11(16)17)9(20)6-1-3-7(4-2-6)19(23)24/h1-4,8-11,20H,5H2,(H,18,21)/t8-,9-/m1/s1/i13+2. The Kier molecular flexibility index (Phi) is 8.67. The van der Waals surface area contributed by atoms with Crippen LogP contribution in [0.1, 0.15) is 11.7 Å². The Morgan fingerprint density at radius 1 is 1.28 bits per heavy atom. The zero-order valence-corrected chi connectivity index (χ0v) is 15.3. The highest BCUT2D eigenvalue weighted by Gasteiger charge is 2.27. The maximum Gasteiger partial charge on any atom is 0.339 e. The number of carbonyl (C=O) groups excluding carboxylic acids is 2. The second-order valence-corrected chi connectivity index (χ2v) is 6.83. The second-order valence-electron chi connectivity index (χ2n) is 4.64. The molecule has 0 spiro atoms. The summed E-state index contributed by atoms with van der Waals surface area (Å²) in [6, 6.07) is 3.76. The van der Waals surface area contributed by atoms with Crippen LogP contribution in [0.5, 0.6) is 0 Å². The molecule has 8 nitrogen and oxygen atoms in total. The molecular weight excluding hydrogens is 424 g/mol. The summed E-state index contributed by atoms with van der Waals surface area (Å²) >= 11 is 21.6. The number of non-ortho nitro benzene ring substituents is 1. The van der Waals surface area contributed by atoms with Crippen LogP contribution in [0, 0.1) is 10.1 Å². The van der Waals surface area contributed by atoms with Crippen LogP contribution in [-0.4, -0.2) is 44.2 Å². The highest BCUT2D eigenvalue weighted by Crippen LogP contribution is 2.21. The van der Waals surface area contributed by atoms with E-state index in [1.54, 1.807) is 0 Å². The smallest absolute Gasteiger partial charge is 0.339 e. The molecule has 0 aliphatic rings. The number of halogens is 4. The van der Waals surface area contributed by atoms with Gasteiger partial charge in [-0.05, 0) is 17.7 Å². The minimum absolute atomic E-state index is 0.184. The van der Waals surface area contributed by atoms with E-state index in [2.05, 4.69) is 5.32 Å². The molecule has 25 heavy (non-hydrogen) atoms. The normalized spacial score (nSPS) is 13.4. The van der Waals surface area contributed by atoms with Crippen LogP contribution < -0.4 is 5.32 Å². The van der Waals surface area contributed by atoms with Crippen molar-refractivity contribution >= 4 is 64.0 Å². The molecule has 0 aliphatic carbocycles. The van der Waals surface area contributed by atoms with Gasteiger partial charge in [0, 0.05) is 12.1 Å². The van der Waals surface area contributed by atoms with Gasteiger partial charge in [0.1, 0.15) is 12.7 Å². The second kappa shape index (κ2) is 9.98. The van der Waals surface area contributed by atoms with Crippen LogP contribution in [0.3, 0.4) is 0 Å². The van der Waals surface area contributed by atoms with Gasteiger partial charge in [0.25, 0.3) is 11.6 Å². The molecule has 2 atom stereocenters. The number of nitrogens with zero attached hydrogens (tertiary/aromatic N) is 1. The number of hydrogen-bond acceptors (Lipinski definition) is 6. The van der Waals surface area contributed by atoms with Crippen molar-refractivity contribution in [1.29, 1.82) is 0 Å². The summed E-state index contributed by atoms with van der Waals surface area (Å²) in [5, 5.41) is 23.3. The number of nitro groups is 1. The van der Waals surface area contributed by atoms with E-state index in [0.29, 0.717) is 0 Å². The lowest BCUT2D eigenvalue weighted by Crippen LogP contribution is -2.45. The fraction of sp³-hybridized carbons (Fsp3) is 0.385. The maximum atomic E-state index is 11.6. The number of hydrogen-bond donors (Lipinski definition) is 2. The van der Waals surface area contributed by atoms with Crippen LogP contribution in [-0.2, 0) is 14.3 Å². The maximum absolute atomic E-state index is 11.6.